The molecule has 2 fully saturated rings. The summed E-state index contributed by atoms with van der Waals surface area (Å²) in [5.74, 6) is -0.591. The van der Waals surface area contributed by atoms with Crippen molar-refractivity contribution in [3.63, 3.8) is 0 Å². The number of nitrogens with zero attached hydrogens (tertiary/aromatic N) is 3. The average Bonchev–Trinajstić information content (AvgIpc) is 3.69. The van der Waals surface area contributed by atoms with Gasteiger partial charge in [0.1, 0.15) is 27.1 Å². The number of rotatable bonds is 12. The molecule has 10 nitrogen and oxygen atoms in total. The van der Waals surface area contributed by atoms with Crippen molar-refractivity contribution in [2.45, 2.75) is 49.2 Å². The molecule has 1 aliphatic carbocycles. The molecule has 5 rings (SSSR count). The van der Waals surface area contributed by atoms with Gasteiger partial charge < -0.3 is 19.4 Å². The molecule has 0 N–H and O–H groups in total. The topological polar surface area (TPSA) is 133 Å². The first kappa shape index (κ1) is 34.0. The Labute approximate surface area is 278 Å². The van der Waals surface area contributed by atoms with Crippen LogP contribution in [0.5, 0.6) is 11.5 Å². The molecule has 244 valence electrons. The Hall–Kier alpha value is -3.35. The molecule has 1 saturated carbocycles. The molecule has 1 aliphatic heterocycles. The highest BCUT2D eigenvalue weighted by Crippen LogP contribution is 2.39. The van der Waals surface area contributed by atoms with Crippen molar-refractivity contribution in [1.29, 1.82) is 5.26 Å². The maximum absolute atomic E-state index is 13.8. The fourth-order valence-corrected chi connectivity index (χ4v) is 8.68. The third-order valence-corrected chi connectivity index (χ3v) is 11.2. The number of sulfonamides is 1. The van der Waals surface area contributed by atoms with Crippen LogP contribution in [0.4, 0.5) is 8.78 Å². The molecular formula is C30H27Cl2F2N3O7S2. The molecule has 1 saturated heterocycles. The highest BCUT2D eigenvalue weighted by Gasteiger charge is 2.43. The van der Waals surface area contributed by atoms with Crippen LogP contribution < -0.4 is 14.2 Å². The van der Waals surface area contributed by atoms with Gasteiger partial charge in [-0.25, -0.2) is 13.2 Å². The lowest BCUT2D eigenvalue weighted by atomic mass is 10.0. The molecule has 0 bridgehead atoms. The number of benzene rings is 2. The van der Waals surface area contributed by atoms with Crippen molar-refractivity contribution < 1.29 is 40.9 Å². The highest BCUT2D eigenvalue weighted by molar-refractivity contribution is 8.02. The number of halogens is 4. The van der Waals surface area contributed by atoms with Gasteiger partial charge in [-0.1, -0.05) is 35.3 Å². The molecule has 46 heavy (non-hydrogen) atoms. The first-order valence-corrected chi connectivity index (χ1v) is 17.2. The van der Waals surface area contributed by atoms with E-state index in [9.17, 15) is 32.5 Å². The molecule has 0 unspecified atom stereocenters. The van der Waals surface area contributed by atoms with Crippen LogP contribution in [-0.4, -0.2) is 49.6 Å². The number of carbonyl (C=O) groups is 1. The lowest BCUT2D eigenvalue weighted by Gasteiger charge is -2.26. The molecule has 0 amide bonds. The van der Waals surface area contributed by atoms with E-state index in [1.54, 1.807) is 13.0 Å². The zero-order valence-corrected chi connectivity index (χ0v) is 27.3. The predicted molar refractivity (Wildman–Crippen MR) is 165 cm³/mol. The van der Waals surface area contributed by atoms with Crippen LogP contribution in [0.2, 0.25) is 10.0 Å². The summed E-state index contributed by atoms with van der Waals surface area (Å²) >= 11 is 13.7. The van der Waals surface area contributed by atoms with Gasteiger partial charge in [0.05, 0.1) is 12.2 Å². The molecule has 16 heteroatoms. The van der Waals surface area contributed by atoms with E-state index >= 15 is 0 Å². The summed E-state index contributed by atoms with van der Waals surface area (Å²) < 4.78 is 71.6. The van der Waals surface area contributed by atoms with Crippen LogP contribution in [0.3, 0.4) is 0 Å². The fourth-order valence-electron chi connectivity index (χ4n) is 4.81. The first-order chi connectivity index (χ1) is 21.9. The summed E-state index contributed by atoms with van der Waals surface area (Å²) in [4.78, 5) is 13.6. The summed E-state index contributed by atoms with van der Waals surface area (Å²) in [5.41, 5.74) is 1.08. The van der Waals surface area contributed by atoms with Gasteiger partial charge in [-0.3, -0.25) is 0 Å². The van der Waals surface area contributed by atoms with E-state index in [4.69, 9.17) is 32.7 Å². The Morgan fingerprint density at radius 1 is 1.17 bits per heavy atom. The number of esters is 1. The third kappa shape index (κ3) is 7.78. The Morgan fingerprint density at radius 2 is 1.89 bits per heavy atom. The number of ether oxygens (including phenoxy) is 3. The number of hydrogen-bond acceptors (Lipinski definition) is 9. The molecule has 2 aliphatic rings. The number of hydrogen-bond donors (Lipinski definition) is 0. The van der Waals surface area contributed by atoms with Crippen LogP contribution in [0.15, 0.2) is 53.7 Å². The molecule has 3 aromatic rings. The third-order valence-electron chi connectivity index (χ3n) is 7.33. The average molecular weight is 715 g/mol. The van der Waals surface area contributed by atoms with Gasteiger partial charge in [0.2, 0.25) is 10.0 Å². The zero-order chi connectivity index (χ0) is 33.2. The number of carbonyl (C=O) groups excluding carboxylic acids is 1. The van der Waals surface area contributed by atoms with Crippen molar-refractivity contribution in [2.75, 3.05) is 18.9 Å². The minimum absolute atomic E-state index is 0.00340. The first-order valence-electron chi connectivity index (χ1n) is 14.0. The second-order valence-electron chi connectivity index (χ2n) is 10.7. The quantitative estimate of drug-likeness (QED) is 0.130. The largest absolute Gasteiger partial charge is 0.619 e. The summed E-state index contributed by atoms with van der Waals surface area (Å²) in [6.45, 7) is -1.19. The van der Waals surface area contributed by atoms with E-state index in [1.165, 1.54) is 30.3 Å². The summed E-state index contributed by atoms with van der Waals surface area (Å²) in [5, 5.41) is 20.1. The Morgan fingerprint density at radius 3 is 2.54 bits per heavy atom. The van der Waals surface area contributed by atoms with Crippen LogP contribution in [-0.2, 0) is 26.0 Å². The van der Waals surface area contributed by atoms with E-state index in [-0.39, 0.29) is 74.4 Å². The molecule has 2 aromatic carbocycles. The van der Waals surface area contributed by atoms with Crippen LogP contribution in [0, 0.1) is 29.4 Å². The fraction of sp³-hybridized carbons (Fsp3) is 0.367. The number of aryl methyl sites for hydroxylation is 1. The van der Waals surface area contributed by atoms with E-state index in [0.29, 0.717) is 10.3 Å². The normalized spacial score (nSPS) is 17.5. The van der Waals surface area contributed by atoms with Crippen molar-refractivity contribution in [2.24, 2.45) is 5.92 Å². The Kier molecular flexibility index (Phi) is 10.5. The number of aromatic nitrogens is 1. The summed E-state index contributed by atoms with van der Waals surface area (Å²) in [7, 11) is -4.31. The molecule has 0 radical (unpaired) electrons. The second-order valence-corrected chi connectivity index (χ2v) is 14.6. The zero-order valence-electron chi connectivity index (χ0n) is 24.2. The van der Waals surface area contributed by atoms with E-state index in [2.05, 4.69) is 4.74 Å². The van der Waals surface area contributed by atoms with Crippen molar-refractivity contribution in [1.82, 2.24) is 4.31 Å². The number of nitriles is 1. The smallest absolute Gasteiger partial charge is 0.387 e. The van der Waals surface area contributed by atoms with Crippen molar-refractivity contribution in [3.05, 3.63) is 86.3 Å². The van der Waals surface area contributed by atoms with E-state index < -0.39 is 34.1 Å². The predicted octanol–water partition coefficient (Wildman–Crippen LogP) is 5.79. The van der Waals surface area contributed by atoms with Crippen LogP contribution >= 0.6 is 35.0 Å². The van der Waals surface area contributed by atoms with Crippen LogP contribution in [0.1, 0.15) is 41.2 Å². The lowest BCUT2D eigenvalue weighted by molar-refractivity contribution is -0.605. The molecule has 2 atom stereocenters. The van der Waals surface area contributed by atoms with Gasteiger partial charge >= 0.3 is 12.6 Å². The van der Waals surface area contributed by atoms with Gasteiger partial charge in [0.25, 0.3) is 0 Å². The molecule has 1 aromatic heterocycles. The van der Waals surface area contributed by atoms with Crippen LogP contribution in [0.25, 0.3) is 0 Å². The molecule has 2 heterocycles. The molecule has 0 spiro atoms. The SMILES string of the molecule is Cc1ccc(C#N)c(S(=O)(=O)N2CCS[C@H]2C(=O)O[C@@H](Cc2c(Cl)c[n+]([O-])cc2Cl)c2ccc(OC(F)F)c(OCC3CC3)c2)c1. The Balaban J connectivity index is 1.49. The van der Waals surface area contributed by atoms with Gasteiger partial charge in [-0.15, -0.1) is 11.8 Å². The van der Waals surface area contributed by atoms with Gasteiger partial charge in [-0.2, -0.15) is 23.1 Å². The van der Waals surface area contributed by atoms with Gasteiger partial charge in [-0.05, 0) is 61.1 Å². The van der Waals surface area contributed by atoms with E-state index in [1.807, 2.05) is 6.07 Å². The van der Waals surface area contributed by atoms with E-state index in [0.717, 1.165) is 41.3 Å². The van der Waals surface area contributed by atoms with Crippen molar-refractivity contribution >= 4 is 51.0 Å². The second kappa shape index (κ2) is 14.2. The van der Waals surface area contributed by atoms with Crippen molar-refractivity contribution in [3.8, 4) is 17.6 Å². The maximum Gasteiger partial charge on any atom is 0.387 e. The number of alkyl halides is 2. The lowest BCUT2D eigenvalue weighted by Crippen LogP contribution is -2.41. The number of thioether (sulfide) groups is 1. The summed E-state index contributed by atoms with van der Waals surface area (Å²) in [6.07, 6.45) is 2.66. The van der Waals surface area contributed by atoms with Gasteiger partial charge in [0, 0.05) is 24.3 Å². The number of pyridine rings is 1. The van der Waals surface area contributed by atoms with Gasteiger partial charge in [0.15, 0.2) is 29.3 Å². The Bertz CT molecular complexity index is 1770. The highest BCUT2D eigenvalue weighted by atomic mass is 35.5. The monoisotopic (exact) mass is 713 g/mol. The minimum atomic E-state index is -4.31. The maximum atomic E-state index is 13.8. The molecular weight excluding hydrogens is 687 g/mol. The minimum Gasteiger partial charge on any atom is -0.619 e. The standard InChI is InChI=1S/C30H27Cl2F2N3O7S2/c1-17-2-5-20(13-35)27(10-17)46(40,41)37-8-9-45-28(37)29(38)43-25(12-21-22(31)14-36(39)15-23(21)32)19-6-7-24(44-30(33)34)26(11-19)42-16-18-3-4-18/h2,5-7,10-11,14-15,18,25,28,30H,3-4,8-9,12,16H2,1H3/t25-,28-/m0/s1. The summed E-state index contributed by atoms with van der Waals surface area (Å²) in [6, 6.07) is 10.3.